The number of aromatic nitrogens is 3. The van der Waals surface area contributed by atoms with Crippen molar-refractivity contribution in [2.24, 2.45) is 0 Å². The SMILES string of the molecule is Cc1c(Br)cnc(C(=O)c2ccc(F)c3c2cnn3C2CCCCO2)c1N. The lowest BCUT2D eigenvalue weighted by Gasteiger charge is -2.23. The average Bonchev–Trinajstić information content (AvgIpc) is 3.13. The van der Waals surface area contributed by atoms with Gasteiger partial charge >= 0.3 is 0 Å². The van der Waals surface area contributed by atoms with E-state index in [-0.39, 0.29) is 23.2 Å². The number of ether oxygens (including phenoxy) is 1. The third kappa shape index (κ3) is 3.02. The van der Waals surface area contributed by atoms with Crippen molar-refractivity contribution in [1.29, 1.82) is 0 Å². The molecule has 0 amide bonds. The van der Waals surface area contributed by atoms with Crippen LogP contribution in [0.5, 0.6) is 0 Å². The van der Waals surface area contributed by atoms with Crippen LogP contribution in [0.1, 0.15) is 47.1 Å². The van der Waals surface area contributed by atoms with E-state index in [4.69, 9.17) is 10.5 Å². The fourth-order valence-electron chi connectivity index (χ4n) is 3.36. The van der Waals surface area contributed by atoms with Crippen LogP contribution in [0, 0.1) is 12.7 Å². The summed E-state index contributed by atoms with van der Waals surface area (Å²) >= 11 is 3.35. The fourth-order valence-corrected chi connectivity index (χ4v) is 3.67. The van der Waals surface area contributed by atoms with Crippen molar-refractivity contribution in [3.63, 3.8) is 0 Å². The first-order chi connectivity index (χ1) is 13.0. The molecule has 1 aromatic carbocycles. The number of carbonyl (C=O) groups is 1. The van der Waals surface area contributed by atoms with E-state index in [1.165, 1.54) is 23.0 Å². The Morgan fingerprint density at radius 3 is 2.93 bits per heavy atom. The lowest BCUT2D eigenvalue weighted by Crippen LogP contribution is -2.19. The molecule has 3 heterocycles. The number of ketones is 1. The third-order valence-corrected chi connectivity index (χ3v) is 5.72. The lowest BCUT2D eigenvalue weighted by molar-refractivity contribution is -0.0369. The normalized spacial score (nSPS) is 17.4. The summed E-state index contributed by atoms with van der Waals surface area (Å²) in [7, 11) is 0. The van der Waals surface area contributed by atoms with Gasteiger partial charge in [-0.25, -0.2) is 14.1 Å². The van der Waals surface area contributed by atoms with Crippen molar-refractivity contribution < 1.29 is 13.9 Å². The molecule has 27 heavy (non-hydrogen) atoms. The van der Waals surface area contributed by atoms with E-state index < -0.39 is 5.82 Å². The Morgan fingerprint density at radius 1 is 1.37 bits per heavy atom. The maximum atomic E-state index is 14.6. The van der Waals surface area contributed by atoms with E-state index in [9.17, 15) is 9.18 Å². The highest BCUT2D eigenvalue weighted by molar-refractivity contribution is 9.10. The zero-order valence-corrected chi connectivity index (χ0v) is 16.3. The molecular weight excluding hydrogens is 415 g/mol. The van der Waals surface area contributed by atoms with Crippen LogP contribution in [0.4, 0.5) is 10.1 Å². The molecule has 2 aromatic heterocycles. The molecule has 1 unspecified atom stereocenters. The minimum atomic E-state index is -0.443. The van der Waals surface area contributed by atoms with Gasteiger partial charge in [-0.15, -0.1) is 0 Å². The van der Waals surface area contributed by atoms with Gasteiger partial charge in [0.2, 0.25) is 5.78 Å². The highest BCUT2D eigenvalue weighted by Crippen LogP contribution is 2.31. The van der Waals surface area contributed by atoms with Crippen LogP contribution in [0.2, 0.25) is 0 Å². The molecule has 1 atom stereocenters. The zero-order chi connectivity index (χ0) is 19.1. The predicted octanol–water partition coefficient (Wildman–Crippen LogP) is 4.15. The number of anilines is 1. The summed E-state index contributed by atoms with van der Waals surface area (Å²) in [5.41, 5.74) is 7.85. The largest absolute Gasteiger partial charge is 0.397 e. The molecule has 1 fully saturated rings. The number of hydrogen-bond donors (Lipinski definition) is 1. The van der Waals surface area contributed by atoms with E-state index in [1.54, 1.807) is 13.1 Å². The molecule has 1 aliphatic rings. The summed E-state index contributed by atoms with van der Waals surface area (Å²) in [5.74, 6) is -0.807. The maximum Gasteiger partial charge on any atom is 0.214 e. The van der Waals surface area contributed by atoms with Crippen LogP contribution < -0.4 is 5.73 Å². The second kappa shape index (κ2) is 7.01. The van der Waals surface area contributed by atoms with Gasteiger partial charge in [0, 0.05) is 28.2 Å². The Labute approximate surface area is 163 Å². The summed E-state index contributed by atoms with van der Waals surface area (Å²) in [4.78, 5) is 17.3. The zero-order valence-electron chi connectivity index (χ0n) is 14.7. The standard InChI is InChI=1S/C19H18BrFN4O2/c1-10-13(20)9-23-17(16(10)22)19(26)11-5-6-14(21)18-12(11)8-24-25(18)15-4-2-3-7-27-15/h5-6,8-9,15H,2-4,7,22H2,1H3. The molecule has 0 radical (unpaired) electrons. The van der Waals surface area contributed by atoms with Crippen molar-refractivity contribution in [3.8, 4) is 0 Å². The highest BCUT2D eigenvalue weighted by atomic mass is 79.9. The molecule has 2 N–H and O–H groups in total. The smallest absolute Gasteiger partial charge is 0.214 e. The molecule has 4 rings (SSSR count). The van der Waals surface area contributed by atoms with Gasteiger partial charge in [-0.1, -0.05) is 0 Å². The highest BCUT2D eigenvalue weighted by Gasteiger charge is 2.25. The minimum absolute atomic E-state index is 0.144. The van der Waals surface area contributed by atoms with Gasteiger partial charge in [0.1, 0.15) is 17.0 Å². The molecule has 0 saturated carbocycles. The van der Waals surface area contributed by atoms with Gasteiger partial charge in [-0.2, -0.15) is 5.10 Å². The molecule has 8 heteroatoms. The molecule has 3 aromatic rings. The summed E-state index contributed by atoms with van der Waals surface area (Å²) in [5, 5.41) is 4.74. The average molecular weight is 433 g/mol. The monoisotopic (exact) mass is 432 g/mol. The second-order valence-corrected chi connectivity index (χ2v) is 7.44. The van der Waals surface area contributed by atoms with E-state index in [1.807, 2.05) is 0 Å². The van der Waals surface area contributed by atoms with Gasteiger partial charge in [0.05, 0.1) is 11.9 Å². The van der Waals surface area contributed by atoms with E-state index in [2.05, 4.69) is 26.0 Å². The number of benzene rings is 1. The minimum Gasteiger partial charge on any atom is -0.397 e. The van der Waals surface area contributed by atoms with Crippen molar-refractivity contribution >= 4 is 38.3 Å². The third-order valence-electron chi connectivity index (χ3n) is 4.92. The first kappa shape index (κ1) is 18.1. The van der Waals surface area contributed by atoms with Crippen LogP contribution in [-0.4, -0.2) is 27.2 Å². The van der Waals surface area contributed by atoms with Crippen molar-refractivity contribution in [3.05, 3.63) is 51.6 Å². The Hall–Kier alpha value is -2.32. The van der Waals surface area contributed by atoms with E-state index in [0.717, 1.165) is 29.3 Å². The Kier molecular flexibility index (Phi) is 4.69. The van der Waals surface area contributed by atoms with Crippen LogP contribution in [0.3, 0.4) is 0 Å². The number of pyridine rings is 1. The number of halogens is 2. The first-order valence-electron chi connectivity index (χ1n) is 8.71. The molecule has 6 nitrogen and oxygen atoms in total. The number of fused-ring (bicyclic) bond motifs is 1. The molecular formula is C19H18BrFN4O2. The van der Waals surface area contributed by atoms with Gasteiger partial charge in [-0.05, 0) is 59.8 Å². The van der Waals surface area contributed by atoms with Crippen molar-refractivity contribution in [2.45, 2.75) is 32.4 Å². The lowest BCUT2D eigenvalue weighted by atomic mass is 10.0. The Balaban J connectivity index is 1.83. The number of nitrogens with zero attached hydrogens (tertiary/aromatic N) is 3. The van der Waals surface area contributed by atoms with Crippen LogP contribution in [-0.2, 0) is 4.74 Å². The van der Waals surface area contributed by atoms with Crippen LogP contribution in [0.25, 0.3) is 10.9 Å². The van der Waals surface area contributed by atoms with E-state index in [0.29, 0.717) is 23.2 Å². The van der Waals surface area contributed by atoms with Gasteiger partial charge in [0.25, 0.3) is 0 Å². The van der Waals surface area contributed by atoms with Gasteiger partial charge < -0.3 is 10.5 Å². The fraction of sp³-hybridized carbons (Fsp3) is 0.316. The van der Waals surface area contributed by atoms with Crippen LogP contribution >= 0.6 is 15.9 Å². The summed E-state index contributed by atoms with van der Waals surface area (Å²) in [6.45, 7) is 2.42. The molecule has 0 spiro atoms. The quantitative estimate of drug-likeness (QED) is 0.628. The van der Waals surface area contributed by atoms with Crippen molar-refractivity contribution in [2.75, 3.05) is 12.3 Å². The number of nitrogen functional groups attached to an aromatic ring is 1. The Morgan fingerprint density at radius 2 is 2.19 bits per heavy atom. The molecule has 1 saturated heterocycles. The van der Waals surface area contributed by atoms with Crippen LogP contribution in [0.15, 0.2) is 29.0 Å². The van der Waals surface area contributed by atoms with Crippen molar-refractivity contribution in [1.82, 2.24) is 14.8 Å². The number of hydrogen-bond acceptors (Lipinski definition) is 5. The summed E-state index contributed by atoms with van der Waals surface area (Å²) in [6, 6.07) is 2.73. The molecule has 140 valence electrons. The maximum absolute atomic E-state index is 14.6. The molecule has 0 aliphatic carbocycles. The van der Waals surface area contributed by atoms with Gasteiger partial charge in [0.15, 0.2) is 6.23 Å². The second-order valence-electron chi connectivity index (χ2n) is 6.59. The van der Waals surface area contributed by atoms with Gasteiger partial charge in [-0.3, -0.25) is 4.79 Å². The summed E-state index contributed by atoms with van der Waals surface area (Å²) < 4.78 is 22.6. The molecule has 1 aliphatic heterocycles. The number of carbonyl (C=O) groups excluding carboxylic acids is 1. The number of rotatable bonds is 3. The predicted molar refractivity (Wildman–Crippen MR) is 103 cm³/mol. The summed E-state index contributed by atoms with van der Waals surface area (Å²) in [6.07, 6.45) is 5.45. The van der Waals surface area contributed by atoms with E-state index >= 15 is 0 Å². The Bertz CT molecular complexity index is 1040. The first-order valence-corrected chi connectivity index (χ1v) is 9.51. The molecule has 0 bridgehead atoms. The topological polar surface area (TPSA) is 83.0 Å². The number of nitrogens with two attached hydrogens (primary N) is 1.